The van der Waals surface area contributed by atoms with Gasteiger partial charge in [-0.2, -0.15) is 10.2 Å². The van der Waals surface area contributed by atoms with Gasteiger partial charge < -0.3 is 13.7 Å². The maximum Gasteiger partial charge on any atom is 0.496 e. The van der Waals surface area contributed by atoms with Crippen molar-refractivity contribution >= 4 is 20.9 Å². The molecule has 134 valence electrons. The summed E-state index contributed by atoms with van der Waals surface area (Å²) >= 11 is 0. The highest BCUT2D eigenvalue weighted by Gasteiger charge is 2.51. The molecule has 0 N–H and O–H groups in total. The molecule has 0 saturated carbocycles. The zero-order valence-corrected chi connectivity index (χ0v) is 17.6. The Balaban J connectivity index is 2.11. The summed E-state index contributed by atoms with van der Waals surface area (Å²) in [7, 11) is -2.23. The zero-order valence-electron chi connectivity index (χ0n) is 16.6. The van der Waals surface area contributed by atoms with Crippen LogP contribution >= 0.6 is 0 Å². The van der Waals surface area contributed by atoms with Gasteiger partial charge in [-0.3, -0.25) is 0 Å². The first kappa shape index (κ1) is 19.6. The fourth-order valence-electron chi connectivity index (χ4n) is 2.08. The van der Waals surface area contributed by atoms with Crippen molar-refractivity contribution in [1.82, 2.24) is 10.2 Å². The quantitative estimate of drug-likeness (QED) is 0.780. The maximum absolute atomic E-state index is 6.23. The Labute approximate surface area is 147 Å². The molecule has 0 bridgehead atoms. The molecule has 2 heterocycles. The van der Waals surface area contributed by atoms with E-state index < -0.39 is 15.4 Å². The van der Waals surface area contributed by atoms with E-state index in [9.17, 15) is 0 Å². The second-order valence-electron chi connectivity index (χ2n) is 9.12. The molecule has 0 atom stereocenters. The molecule has 1 fully saturated rings. The van der Waals surface area contributed by atoms with Crippen LogP contribution in [0.4, 0.5) is 0 Å². The van der Waals surface area contributed by atoms with Crippen molar-refractivity contribution in [1.29, 1.82) is 0 Å². The summed E-state index contributed by atoms with van der Waals surface area (Å²) in [5.41, 5.74) is 0.974. The van der Waals surface area contributed by atoms with Gasteiger partial charge in [0.15, 0.2) is 8.32 Å². The van der Waals surface area contributed by atoms with Gasteiger partial charge in [-0.25, -0.2) is 0 Å². The molecule has 1 aliphatic rings. The lowest BCUT2D eigenvalue weighted by atomic mass is 9.80. The molecule has 1 saturated heterocycles. The van der Waals surface area contributed by atoms with E-state index in [-0.39, 0.29) is 16.2 Å². The van der Waals surface area contributed by atoms with E-state index in [1.54, 1.807) is 6.20 Å². The Kier molecular flexibility index (Phi) is 5.05. The number of hydrogen-bond donors (Lipinski definition) is 0. The summed E-state index contributed by atoms with van der Waals surface area (Å²) < 4.78 is 18.4. The Morgan fingerprint density at radius 3 is 2.17 bits per heavy atom. The molecular weight excluding hydrogens is 319 g/mol. The molecule has 5 nitrogen and oxygen atoms in total. The highest BCUT2D eigenvalue weighted by Crippen LogP contribution is 2.37. The highest BCUT2D eigenvalue weighted by atomic mass is 28.4. The van der Waals surface area contributed by atoms with Crippen molar-refractivity contribution in [2.24, 2.45) is 0 Å². The van der Waals surface area contributed by atoms with E-state index in [0.717, 1.165) is 11.2 Å². The van der Waals surface area contributed by atoms with Gasteiger partial charge >= 0.3 is 7.12 Å². The fourth-order valence-corrected chi connectivity index (χ4v) is 3.02. The topological polar surface area (TPSA) is 53.5 Å². The summed E-state index contributed by atoms with van der Waals surface area (Å²) in [5, 5.41) is 8.49. The Morgan fingerprint density at radius 2 is 1.67 bits per heavy atom. The second kappa shape index (κ2) is 6.20. The van der Waals surface area contributed by atoms with Crippen LogP contribution in [0.3, 0.4) is 0 Å². The van der Waals surface area contributed by atoms with E-state index in [1.165, 1.54) is 0 Å². The van der Waals surface area contributed by atoms with E-state index in [0.29, 0.717) is 6.61 Å². The summed E-state index contributed by atoms with van der Waals surface area (Å²) in [4.78, 5) is 0. The Hall–Kier alpha value is -0.758. The molecule has 2 rings (SSSR count). The largest absolute Gasteiger partial charge is 0.496 e. The summed E-state index contributed by atoms with van der Waals surface area (Å²) in [6.45, 7) is 19.8. The molecule has 1 aliphatic heterocycles. The summed E-state index contributed by atoms with van der Waals surface area (Å²) in [6, 6.07) is 1.97. The maximum atomic E-state index is 6.23. The van der Waals surface area contributed by atoms with Crippen molar-refractivity contribution in [3.63, 3.8) is 0 Å². The first-order valence-electron chi connectivity index (χ1n) is 8.56. The van der Waals surface area contributed by atoms with E-state index >= 15 is 0 Å². The van der Waals surface area contributed by atoms with Gasteiger partial charge in [0.05, 0.1) is 23.5 Å². The van der Waals surface area contributed by atoms with E-state index in [1.807, 2.05) is 33.8 Å². The zero-order chi connectivity index (χ0) is 18.4. The first-order chi connectivity index (χ1) is 10.8. The lowest BCUT2D eigenvalue weighted by Gasteiger charge is -2.36. The van der Waals surface area contributed by atoms with Crippen molar-refractivity contribution in [3.8, 4) is 0 Å². The number of hydrogen-bond acceptors (Lipinski definition) is 5. The smallest absolute Gasteiger partial charge is 0.411 e. The standard InChI is InChI=1S/C17H31BN2O3Si/c1-15(2,3)24(8,9)21-12-14-10-13(11-19-20-14)18-22-16(4,5)17(6,7)23-18/h10-11H,12H2,1-9H3. The SMILES string of the molecule is CC1(C)OB(c2cnnc(CO[Si](C)(C)C(C)(C)C)c2)OC1(C)C. The van der Waals surface area contributed by atoms with Gasteiger partial charge in [-0.1, -0.05) is 20.8 Å². The van der Waals surface area contributed by atoms with Gasteiger partial charge in [0.2, 0.25) is 0 Å². The van der Waals surface area contributed by atoms with Gasteiger partial charge in [0.25, 0.3) is 0 Å². The minimum atomic E-state index is -1.81. The van der Waals surface area contributed by atoms with Crippen LogP contribution in [0.25, 0.3) is 0 Å². The third-order valence-electron chi connectivity index (χ3n) is 5.64. The van der Waals surface area contributed by atoms with Crippen LogP contribution < -0.4 is 5.46 Å². The van der Waals surface area contributed by atoms with Crippen LogP contribution in [-0.4, -0.2) is 36.8 Å². The van der Waals surface area contributed by atoms with Crippen LogP contribution in [-0.2, 0) is 20.3 Å². The van der Waals surface area contributed by atoms with Gasteiger partial charge in [-0.05, 0) is 51.9 Å². The summed E-state index contributed by atoms with van der Waals surface area (Å²) in [5.74, 6) is 0. The molecule has 1 aromatic heterocycles. The van der Waals surface area contributed by atoms with Gasteiger partial charge in [0.1, 0.15) is 0 Å². The van der Waals surface area contributed by atoms with E-state index in [2.05, 4.69) is 44.1 Å². The van der Waals surface area contributed by atoms with Gasteiger partial charge in [-0.15, -0.1) is 0 Å². The molecule has 1 aromatic rings. The van der Waals surface area contributed by atoms with Crippen LogP contribution in [0.2, 0.25) is 18.1 Å². The number of aromatic nitrogens is 2. The van der Waals surface area contributed by atoms with Crippen molar-refractivity contribution < 1.29 is 13.7 Å². The Morgan fingerprint density at radius 1 is 1.12 bits per heavy atom. The number of nitrogens with zero attached hydrogens (tertiary/aromatic N) is 2. The molecule has 24 heavy (non-hydrogen) atoms. The summed E-state index contributed by atoms with van der Waals surface area (Å²) in [6.07, 6.45) is 1.71. The minimum Gasteiger partial charge on any atom is -0.411 e. The average Bonchev–Trinajstić information content (AvgIpc) is 2.64. The molecule has 0 radical (unpaired) electrons. The van der Waals surface area contributed by atoms with E-state index in [4.69, 9.17) is 13.7 Å². The average molecular weight is 350 g/mol. The minimum absolute atomic E-state index is 0.170. The third-order valence-corrected chi connectivity index (χ3v) is 10.1. The normalized spacial score (nSPS) is 20.5. The van der Waals surface area contributed by atoms with Crippen LogP contribution in [0.1, 0.15) is 54.2 Å². The monoisotopic (exact) mass is 350 g/mol. The number of rotatable bonds is 4. The predicted molar refractivity (Wildman–Crippen MR) is 99.7 cm³/mol. The van der Waals surface area contributed by atoms with Crippen LogP contribution in [0.5, 0.6) is 0 Å². The van der Waals surface area contributed by atoms with Crippen molar-refractivity contribution in [2.75, 3.05) is 0 Å². The third kappa shape index (κ3) is 3.90. The molecule has 0 aromatic carbocycles. The van der Waals surface area contributed by atoms with Gasteiger partial charge in [0, 0.05) is 11.7 Å². The predicted octanol–water partition coefficient (Wildman–Crippen LogP) is 3.30. The van der Waals surface area contributed by atoms with Crippen molar-refractivity contribution in [3.05, 3.63) is 18.0 Å². The Bertz CT molecular complexity index is 584. The van der Waals surface area contributed by atoms with Crippen LogP contribution in [0, 0.1) is 0 Å². The lowest BCUT2D eigenvalue weighted by molar-refractivity contribution is 0.00578. The highest BCUT2D eigenvalue weighted by molar-refractivity contribution is 6.74. The molecule has 0 unspecified atom stereocenters. The molecule has 7 heteroatoms. The van der Waals surface area contributed by atoms with Crippen molar-refractivity contribution in [2.45, 2.75) is 84.4 Å². The van der Waals surface area contributed by atoms with Crippen LogP contribution in [0.15, 0.2) is 12.3 Å². The molecule has 0 aliphatic carbocycles. The lowest BCUT2D eigenvalue weighted by Crippen LogP contribution is -2.41. The molecule has 0 amide bonds. The molecule has 0 spiro atoms. The molecular formula is C17H31BN2O3Si. The fraction of sp³-hybridized carbons (Fsp3) is 0.765. The first-order valence-corrected chi connectivity index (χ1v) is 11.5. The second-order valence-corrected chi connectivity index (χ2v) is 13.9.